The fraction of sp³-hybridized carbons (Fsp3) is 0.200. The number of likely N-dealkylation sites (N-methyl/N-ethyl adjacent to an activating group) is 1. The van der Waals surface area contributed by atoms with Gasteiger partial charge in [-0.3, -0.25) is 20.4 Å². The lowest BCUT2D eigenvalue weighted by Crippen LogP contribution is -2.46. The Hall–Kier alpha value is -1.94. The van der Waals surface area contributed by atoms with Gasteiger partial charge in [-0.15, -0.1) is 11.3 Å². The molecule has 1 aromatic heterocycles. The lowest BCUT2D eigenvalue weighted by molar-refractivity contribution is -0.121. The van der Waals surface area contributed by atoms with Gasteiger partial charge in [-0.2, -0.15) is 4.31 Å². The quantitative estimate of drug-likeness (QED) is 0.746. The van der Waals surface area contributed by atoms with Gasteiger partial charge in [0, 0.05) is 12.6 Å². The minimum absolute atomic E-state index is 0.0387. The number of rotatable bonds is 5. The Labute approximate surface area is 154 Å². The molecule has 2 amide bonds. The molecular formula is C15H16ClN3O4S2. The third-order valence-corrected chi connectivity index (χ3v) is 6.79. The van der Waals surface area contributed by atoms with Crippen LogP contribution in [0.3, 0.4) is 0 Å². The molecule has 2 aromatic rings. The standard InChI is InChI=1S/C15H16ClN3O4S2/c1-10-5-3-4-6-11(10)15(21)18-17-13(20)9-19(2)25(22,23)14-8-7-12(16)24-14/h3-8H,9H2,1-2H3,(H,17,20)(H,18,21). The number of benzene rings is 1. The number of carbonyl (C=O) groups is 2. The third kappa shape index (κ3) is 4.79. The van der Waals surface area contributed by atoms with Crippen LogP contribution in [0.5, 0.6) is 0 Å². The summed E-state index contributed by atoms with van der Waals surface area (Å²) in [7, 11) is -2.55. The summed E-state index contributed by atoms with van der Waals surface area (Å²) in [5, 5.41) is 0. The Bertz CT molecular complexity index is 896. The molecule has 0 atom stereocenters. The van der Waals surface area contributed by atoms with Gasteiger partial charge >= 0.3 is 0 Å². The summed E-state index contributed by atoms with van der Waals surface area (Å²) in [5.41, 5.74) is 5.63. The molecule has 0 bridgehead atoms. The Morgan fingerprint density at radius 3 is 2.44 bits per heavy atom. The minimum atomic E-state index is -3.82. The third-order valence-electron chi connectivity index (χ3n) is 3.28. The first kappa shape index (κ1) is 19.4. The van der Waals surface area contributed by atoms with Gasteiger partial charge < -0.3 is 0 Å². The zero-order valence-electron chi connectivity index (χ0n) is 13.4. The maximum atomic E-state index is 12.3. The Morgan fingerprint density at radius 1 is 1.16 bits per heavy atom. The van der Waals surface area contributed by atoms with Crippen LogP contribution >= 0.6 is 22.9 Å². The molecule has 0 fully saturated rings. The van der Waals surface area contributed by atoms with Gasteiger partial charge in [0.1, 0.15) is 4.21 Å². The van der Waals surface area contributed by atoms with Gasteiger partial charge in [-0.25, -0.2) is 8.42 Å². The van der Waals surface area contributed by atoms with Crippen LogP contribution in [-0.2, 0) is 14.8 Å². The average molecular weight is 402 g/mol. The van der Waals surface area contributed by atoms with E-state index in [1.807, 2.05) is 0 Å². The zero-order chi connectivity index (χ0) is 18.6. The van der Waals surface area contributed by atoms with Crippen molar-refractivity contribution in [1.29, 1.82) is 0 Å². The monoisotopic (exact) mass is 401 g/mol. The summed E-state index contributed by atoms with van der Waals surface area (Å²) in [5.74, 6) is -1.15. The predicted molar refractivity (Wildman–Crippen MR) is 95.9 cm³/mol. The maximum absolute atomic E-state index is 12.3. The highest BCUT2D eigenvalue weighted by molar-refractivity contribution is 7.91. The summed E-state index contributed by atoms with van der Waals surface area (Å²) in [4.78, 5) is 23.9. The molecule has 0 aliphatic heterocycles. The number of nitrogens with zero attached hydrogens (tertiary/aromatic N) is 1. The van der Waals surface area contributed by atoms with Crippen molar-refractivity contribution in [2.45, 2.75) is 11.1 Å². The molecule has 0 saturated carbocycles. The Morgan fingerprint density at radius 2 is 1.84 bits per heavy atom. The van der Waals surface area contributed by atoms with Crippen LogP contribution in [-0.4, -0.2) is 38.1 Å². The van der Waals surface area contributed by atoms with E-state index in [9.17, 15) is 18.0 Å². The molecule has 1 aromatic carbocycles. The molecule has 0 spiro atoms. The van der Waals surface area contributed by atoms with E-state index in [-0.39, 0.29) is 4.21 Å². The molecule has 0 saturated heterocycles. The van der Waals surface area contributed by atoms with Crippen LogP contribution < -0.4 is 10.9 Å². The van der Waals surface area contributed by atoms with E-state index in [0.717, 1.165) is 21.2 Å². The van der Waals surface area contributed by atoms with Gasteiger partial charge in [-0.05, 0) is 30.7 Å². The van der Waals surface area contributed by atoms with Gasteiger partial charge in [0.2, 0.25) is 0 Å². The van der Waals surface area contributed by atoms with E-state index in [1.54, 1.807) is 31.2 Å². The number of nitrogens with one attached hydrogen (secondary N) is 2. The normalized spacial score (nSPS) is 11.4. The van der Waals surface area contributed by atoms with E-state index < -0.39 is 28.4 Å². The first-order chi connectivity index (χ1) is 11.7. The number of halogens is 1. The number of hydrogen-bond acceptors (Lipinski definition) is 5. The molecule has 7 nitrogen and oxygen atoms in total. The van der Waals surface area contributed by atoms with E-state index >= 15 is 0 Å². The van der Waals surface area contributed by atoms with Gasteiger partial charge in [-0.1, -0.05) is 29.8 Å². The lowest BCUT2D eigenvalue weighted by atomic mass is 10.1. The second-order valence-corrected chi connectivity index (χ2v) is 9.12. The van der Waals surface area contributed by atoms with E-state index in [2.05, 4.69) is 10.9 Å². The van der Waals surface area contributed by atoms with Crippen LogP contribution in [0, 0.1) is 6.92 Å². The summed E-state index contributed by atoms with van der Waals surface area (Å²) < 4.78 is 25.8. The van der Waals surface area contributed by atoms with Crippen LogP contribution in [0.1, 0.15) is 15.9 Å². The summed E-state index contributed by atoms with van der Waals surface area (Å²) in [6, 6.07) is 9.72. The molecule has 2 rings (SSSR count). The highest BCUT2D eigenvalue weighted by atomic mass is 35.5. The number of amides is 2. The number of carbonyl (C=O) groups excluding carboxylic acids is 2. The second-order valence-electron chi connectivity index (χ2n) is 5.14. The van der Waals surface area contributed by atoms with Crippen LogP contribution in [0.4, 0.5) is 0 Å². The van der Waals surface area contributed by atoms with Gasteiger partial charge in [0.25, 0.3) is 21.8 Å². The Kier molecular flexibility index (Phi) is 6.17. The summed E-state index contributed by atoms with van der Waals surface area (Å²) in [6.07, 6.45) is 0. The van der Waals surface area contributed by atoms with Gasteiger partial charge in [0.15, 0.2) is 0 Å². The number of sulfonamides is 1. The first-order valence-corrected chi connectivity index (χ1v) is 9.72. The van der Waals surface area contributed by atoms with Crippen LogP contribution in [0.25, 0.3) is 0 Å². The molecule has 0 aliphatic rings. The summed E-state index contributed by atoms with van der Waals surface area (Å²) in [6.45, 7) is 1.31. The molecule has 2 N–H and O–H groups in total. The van der Waals surface area contributed by atoms with Crippen molar-refractivity contribution >= 4 is 44.8 Å². The van der Waals surface area contributed by atoms with Crippen LogP contribution in [0.2, 0.25) is 4.34 Å². The second kappa shape index (κ2) is 7.96. The Balaban J connectivity index is 1.94. The van der Waals surface area contributed by atoms with Crippen molar-refractivity contribution in [2.24, 2.45) is 0 Å². The van der Waals surface area contributed by atoms with Crippen LogP contribution in [0.15, 0.2) is 40.6 Å². The highest BCUT2D eigenvalue weighted by Crippen LogP contribution is 2.27. The van der Waals surface area contributed by atoms with E-state index in [1.165, 1.54) is 19.2 Å². The molecular weight excluding hydrogens is 386 g/mol. The lowest BCUT2D eigenvalue weighted by Gasteiger charge is -2.16. The molecule has 10 heteroatoms. The fourth-order valence-corrected chi connectivity index (χ4v) is 4.76. The zero-order valence-corrected chi connectivity index (χ0v) is 15.8. The largest absolute Gasteiger partial charge is 0.272 e. The maximum Gasteiger partial charge on any atom is 0.269 e. The van der Waals surface area contributed by atoms with Crippen molar-refractivity contribution in [1.82, 2.24) is 15.2 Å². The summed E-state index contributed by atoms with van der Waals surface area (Å²) >= 11 is 6.64. The highest BCUT2D eigenvalue weighted by Gasteiger charge is 2.24. The smallest absolute Gasteiger partial charge is 0.269 e. The fourth-order valence-electron chi connectivity index (χ4n) is 1.94. The minimum Gasteiger partial charge on any atom is -0.272 e. The molecule has 0 unspecified atom stereocenters. The van der Waals surface area contributed by atoms with Crippen molar-refractivity contribution in [3.8, 4) is 0 Å². The number of thiophene rings is 1. The topological polar surface area (TPSA) is 95.6 Å². The molecule has 0 radical (unpaired) electrons. The van der Waals surface area contributed by atoms with E-state index in [0.29, 0.717) is 9.90 Å². The molecule has 0 aliphatic carbocycles. The van der Waals surface area contributed by atoms with Crippen molar-refractivity contribution < 1.29 is 18.0 Å². The predicted octanol–water partition coefficient (Wildman–Crippen LogP) is 1.79. The first-order valence-electron chi connectivity index (χ1n) is 7.08. The molecule has 134 valence electrons. The number of hydrogen-bond donors (Lipinski definition) is 2. The van der Waals surface area contributed by atoms with Crippen molar-refractivity contribution in [2.75, 3.05) is 13.6 Å². The molecule has 25 heavy (non-hydrogen) atoms. The van der Waals surface area contributed by atoms with Gasteiger partial charge in [0.05, 0.1) is 10.9 Å². The SMILES string of the molecule is Cc1ccccc1C(=O)NNC(=O)CN(C)S(=O)(=O)c1ccc(Cl)s1. The average Bonchev–Trinajstić information content (AvgIpc) is 3.00. The molecule has 1 heterocycles. The van der Waals surface area contributed by atoms with Crippen molar-refractivity contribution in [3.63, 3.8) is 0 Å². The number of aryl methyl sites for hydroxylation is 1. The van der Waals surface area contributed by atoms with E-state index in [4.69, 9.17) is 11.6 Å². The van der Waals surface area contributed by atoms with Crippen molar-refractivity contribution in [3.05, 3.63) is 51.9 Å². The number of hydrazine groups is 1.